The van der Waals surface area contributed by atoms with Gasteiger partial charge in [-0.25, -0.2) is 4.98 Å². The molecule has 2 aromatic carbocycles. The highest BCUT2D eigenvalue weighted by Gasteiger charge is 2.49. The number of carbonyl (C=O) groups is 2. The highest BCUT2D eigenvalue weighted by Crippen LogP contribution is 2.37. The second-order valence-electron chi connectivity index (χ2n) is 9.24. The molecule has 1 aliphatic heterocycles. The van der Waals surface area contributed by atoms with E-state index in [-0.39, 0.29) is 35.9 Å². The Kier molecular flexibility index (Phi) is 8.66. The predicted molar refractivity (Wildman–Crippen MR) is 145 cm³/mol. The van der Waals surface area contributed by atoms with Crippen molar-refractivity contribution in [2.24, 2.45) is 0 Å². The van der Waals surface area contributed by atoms with E-state index in [0.717, 1.165) is 11.1 Å². The lowest BCUT2D eigenvalue weighted by molar-refractivity contribution is -0.158. The van der Waals surface area contributed by atoms with Gasteiger partial charge in [-0.05, 0) is 11.1 Å². The molecule has 1 aliphatic rings. The summed E-state index contributed by atoms with van der Waals surface area (Å²) in [4.78, 5) is 36.5. The van der Waals surface area contributed by atoms with E-state index in [1.807, 2.05) is 60.7 Å². The molecule has 0 radical (unpaired) electrons. The zero-order chi connectivity index (χ0) is 28.1. The minimum atomic E-state index is -0.868. The van der Waals surface area contributed by atoms with Crippen LogP contribution >= 0.6 is 11.6 Å². The van der Waals surface area contributed by atoms with Gasteiger partial charge in [0, 0.05) is 13.8 Å². The first-order valence-corrected chi connectivity index (χ1v) is 13.0. The Morgan fingerprint density at radius 2 is 1.65 bits per heavy atom. The van der Waals surface area contributed by atoms with Crippen LogP contribution in [0.5, 0.6) is 0 Å². The van der Waals surface area contributed by atoms with Crippen molar-refractivity contribution < 1.29 is 28.5 Å². The van der Waals surface area contributed by atoms with Crippen LogP contribution in [0, 0.1) is 0 Å². The number of carbonyl (C=O) groups excluding carboxylic acids is 2. The molecule has 4 atom stereocenters. The van der Waals surface area contributed by atoms with Gasteiger partial charge in [-0.2, -0.15) is 9.97 Å². The molecule has 5 rings (SSSR count). The van der Waals surface area contributed by atoms with Gasteiger partial charge < -0.3 is 18.9 Å². The van der Waals surface area contributed by atoms with E-state index in [0.29, 0.717) is 12.1 Å². The third-order valence-electron chi connectivity index (χ3n) is 6.21. The number of ether oxygens (including phenoxy) is 4. The molecule has 0 spiro atoms. The smallest absolute Gasteiger partial charge is 0.303 e. The maximum absolute atomic E-state index is 12.2. The molecule has 0 bridgehead atoms. The highest BCUT2D eigenvalue weighted by atomic mass is 35.5. The first kappa shape index (κ1) is 27.7. The molecule has 40 heavy (non-hydrogen) atoms. The normalized spacial score (nSPS) is 20.5. The molecule has 2 aromatic heterocycles. The molecular formula is C28H28ClN5O6. The summed E-state index contributed by atoms with van der Waals surface area (Å²) in [7, 11) is 0. The molecule has 1 saturated heterocycles. The standard InChI is InChI=1S/C28H28ClN5O6/c1-17(35)31-28-32-25(29)22-26(33-28)30-16-34(22)27-24(39-18(2)36)23(38-14-20-11-7-4-8-12-20)21(40-27)15-37-13-19-9-5-3-6-10-19/h3-12,16,21,23-24,27H,13-15H2,1-2H3,(H,31,32,33,35)/t21-,23+,24-,27-/m1/s1. The molecule has 1 amide bonds. The maximum Gasteiger partial charge on any atom is 0.303 e. The summed E-state index contributed by atoms with van der Waals surface area (Å²) >= 11 is 6.51. The van der Waals surface area contributed by atoms with E-state index in [2.05, 4.69) is 20.3 Å². The average molecular weight is 566 g/mol. The molecule has 208 valence electrons. The number of hydrogen-bond donors (Lipinski definition) is 1. The molecule has 0 saturated carbocycles. The molecule has 3 heterocycles. The van der Waals surface area contributed by atoms with Gasteiger partial charge in [0.1, 0.15) is 24.1 Å². The number of esters is 1. The fourth-order valence-corrected chi connectivity index (χ4v) is 4.79. The van der Waals surface area contributed by atoms with Gasteiger partial charge in [0.2, 0.25) is 11.9 Å². The van der Waals surface area contributed by atoms with Crippen LogP contribution in [0.4, 0.5) is 5.95 Å². The molecular weight excluding hydrogens is 538 g/mol. The average Bonchev–Trinajstić information content (AvgIpc) is 3.49. The Morgan fingerprint density at radius 1 is 0.975 bits per heavy atom. The zero-order valence-electron chi connectivity index (χ0n) is 21.9. The quantitative estimate of drug-likeness (QED) is 0.223. The summed E-state index contributed by atoms with van der Waals surface area (Å²) in [5.74, 6) is -0.825. The van der Waals surface area contributed by atoms with E-state index < -0.39 is 30.5 Å². The molecule has 11 nitrogen and oxygen atoms in total. The summed E-state index contributed by atoms with van der Waals surface area (Å²) in [5, 5.41) is 2.55. The van der Waals surface area contributed by atoms with Gasteiger partial charge in [0.15, 0.2) is 23.1 Å². The van der Waals surface area contributed by atoms with Crippen molar-refractivity contribution in [1.82, 2.24) is 19.5 Å². The monoisotopic (exact) mass is 565 g/mol. The Balaban J connectivity index is 1.45. The van der Waals surface area contributed by atoms with Crippen molar-refractivity contribution in [2.45, 2.75) is 51.6 Å². The molecule has 1 fully saturated rings. The van der Waals surface area contributed by atoms with Gasteiger partial charge in [0.05, 0.1) is 19.8 Å². The number of anilines is 1. The fourth-order valence-electron chi connectivity index (χ4n) is 4.53. The van der Waals surface area contributed by atoms with Crippen LogP contribution in [0.25, 0.3) is 11.2 Å². The largest absolute Gasteiger partial charge is 0.455 e. The Hall–Kier alpha value is -3.90. The second-order valence-corrected chi connectivity index (χ2v) is 9.60. The first-order chi connectivity index (χ1) is 19.4. The van der Waals surface area contributed by atoms with Crippen LogP contribution in [0.3, 0.4) is 0 Å². The van der Waals surface area contributed by atoms with E-state index in [1.165, 1.54) is 20.2 Å². The van der Waals surface area contributed by atoms with Crippen LogP contribution in [-0.2, 0) is 41.8 Å². The molecule has 4 aromatic rings. The lowest BCUT2D eigenvalue weighted by atomic mass is 10.1. The Labute approximate surface area is 235 Å². The van der Waals surface area contributed by atoms with Crippen LogP contribution in [0.1, 0.15) is 31.2 Å². The highest BCUT2D eigenvalue weighted by molar-refractivity contribution is 6.33. The fraction of sp³-hybridized carbons (Fsp3) is 0.321. The van der Waals surface area contributed by atoms with Crippen LogP contribution in [0.15, 0.2) is 67.0 Å². The van der Waals surface area contributed by atoms with Crippen molar-refractivity contribution in [3.8, 4) is 0 Å². The van der Waals surface area contributed by atoms with Crippen molar-refractivity contribution >= 4 is 40.6 Å². The predicted octanol–water partition coefficient (Wildman–Crippen LogP) is 4.07. The number of nitrogens with zero attached hydrogens (tertiary/aromatic N) is 4. The SMILES string of the molecule is CC(=O)Nc1nc(Cl)c2c(ncn2[C@@H]2O[C@H](COCc3ccccc3)[C@H](OCc3ccccc3)[C@H]2OC(C)=O)n1. The molecule has 12 heteroatoms. The number of rotatable bonds is 10. The molecule has 0 unspecified atom stereocenters. The van der Waals surface area contributed by atoms with Crippen molar-refractivity contribution in [2.75, 3.05) is 11.9 Å². The third-order valence-corrected chi connectivity index (χ3v) is 6.48. The van der Waals surface area contributed by atoms with Crippen molar-refractivity contribution in [1.29, 1.82) is 0 Å². The maximum atomic E-state index is 12.2. The number of imidazole rings is 1. The van der Waals surface area contributed by atoms with E-state index in [1.54, 1.807) is 4.57 Å². The number of benzene rings is 2. The lowest BCUT2D eigenvalue weighted by Crippen LogP contribution is -2.39. The Morgan fingerprint density at radius 3 is 2.30 bits per heavy atom. The lowest BCUT2D eigenvalue weighted by Gasteiger charge is -2.25. The zero-order valence-corrected chi connectivity index (χ0v) is 22.7. The first-order valence-electron chi connectivity index (χ1n) is 12.7. The Bertz CT molecular complexity index is 1470. The summed E-state index contributed by atoms with van der Waals surface area (Å²) < 4.78 is 26.1. The van der Waals surface area contributed by atoms with Crippen LogP contribution < -0.4 is 5.32 Å². The third kappa shape index (κ3) is 6.45. The van der Waals surface area contributed by atoms with Crippen molar-refractivity contribution in [3.05, 3.63) is 83.3 Å². The number of hydrogen-bond acceptors (Lipinski definition) is 9. The van der Waals surface area contributed by atoms with Gasteiger partial charge in [-0.15, -0.1) is 0 Å². The summed E-state index contributed by atoms with van der Waals surface area (Å²) in [6.45, 7) is 3.47. The van der Waals surface area contributed by atoms with Gasteiger partial charge in [0.25, 0.3) is 0 Å². The minimum absolute atomic E-state index is 0.0235. The van der Waals surface area contributed by atoms with Gasteiger partial charge in [-0.1, -0.05) is 72.3 Å². The van der Waals surface area contributed by atoms with E-state index in [9.17, 15) is 9.59 Å². The van der Waals surface area contributed by atoms with Gasteiger partial charge >= 0.3 is 5.97 Å². The molecule has 0 aliphatic carbocycles. The number of fused-ring (bicyclic) bond motifs is 1. The number of nitrogens with one attached hydrogen (secondary N) is 1. The van der Waals surface area contributed by atoms with E-state index >= 15 is 0 Å². The van der Waals surface area contributed by atoms with E-state index in [4.69, 9.17) is 30.5 Å². The second kappa shape index (κ2) is 12.5. The van der Waals surface area contributed by atoms with Gasteiger partial charge in [-0.3, -0.25) is 19.5 Å². The van der Waals surface area contributed by atoms with Crippen molar-refractivity contribution in [3.63, 3.8) is 0 Å². The number of aromatic nitrogens is 4. The summed E-state index contributed by atoms with van der Waals surface area (Å²) in [6.07, 6.45) is -1.54. The summed E-state index contributed by atoms with van der Waals surface area (Å²) in [6, 6.07) is 19.4. The number of halogens is 1. The topological polar surface area (TPSA) is 127 Å². The van der Waals surface area contributed by atoms with Crippen LogP contribution in [-0.4, -0.2) is 56.3 Å². The molecule has 1 N–H and O–H groups in total. The minimum Gasteiger partial charge on any atom is -0.455 e. The van der Waals surface area contributed by atoms with Crippen LogP contribution in [0.2, 0.25) is 5.15 Å². The summed E-state index contributed by atoms with van der Waals surface area (Å²) in [5.41, 5.74) is 2.55. The number of amides is 1.